The summed E-state index contributed by atoms with van der Waals surface area (Å²) in [6.45, 7) is 5.68. The Bertz CT molecular complexity index is 843. The molecule has 1 saturated heterocycles. The average Bonchev–Trinajstić information content (AvgIpc) is 2.64. The normalized spacial score (nSPS) is 17.2. The second kappa shape index (κ2) is 7.47. The molecule has 7 nitrogen and oxygen atoms in total. The number of nitrogens with two attached hydrogens (primary N) is 1. The van der Waals surface area contributed by atoms with Crippen LogP contribution in [0.25, 0.3) is 0 Å². The SMILES string of the molecule is COC(=O)c1cc(C)c([C@@H]2CN(c3cc(Cl)nnc3N)CCO2)cc1C. The Morgan fingerprint density at radius 3 is 2.81 bits per heavy atom. The zero-order valence-corrected chi connectivity index (χ0v) is 15.7. The van der Waals surface area contributed by atoms with Crippen molar-refractivity contribution in [2.75, 3.05) is 37.4 Å². The van der Waals surface area contributed by atoms with Gasteiger partial charge < -0.3 is 20.1 Å². The molecule has 0 radical (unpaired) electrons. The number of carbonyl (C=O) groups is 1. The predicted molar refractivity (Wildman–Crippen MR) is 99.6 cm³/mol. The van der Waals surface area contributed by atoms with E-state index in [0.717, 1.165) is 22.4 Å². The molecular weight excluding hydrogens is 356 g/mol. The van der Waals surface area contributed by atoms with Crippen LogP contribution in [0.1, 0.15) is 33.2 Å². The number of carbonyl (C=O) groups excluding carboxylic acids is 1. The van der Waals surface area contributed by atoms with E-state index in [1.54, 1.807) is 6.07 Å². The second-order valence-electron chi connectivity index (χ2n) is 6.26. The van der Waals surface area contributed by atoms with Crippen LogP contribution in [-0.2, 0) is 9.47 Å². The van der Waals surface area contributed by atoms with Gasteiger partial charge in [-0.3, -0.25) is 0 Å². The van der Waals surface area contributed by atoms with Crippen LogP contribution in [0.5, 0.6) is 0 Å². The van der Waals surface area contributed by atoms with Gasteiger partial charge in [0.15, 0.2) is 11.0 Å². The molecule has 1 aliphatic rings. The molecule has 1 atom stereocenters. The van der Waals surface area contributed by atoms with Gasteiger partial charge in [-0.2, -0.15) is 0 Å². The zero-order valence-electron chi connectivity index (χ0n) is 15.0. The molecule has 0 aliphatic carbocycles. The molecule has 0 bridgehead atoms. The minimum Gasteiger partial charge on any atom is -0.465 e. The quantitative estimate of drug-likeness (QED) is 0.823. The number of halogens is 1. The first-order valence-electron chi connectivity index (χ1n) is 8.25. The van der Waals surface area contributed by atoms with Crippen LogP contribution in [0.4, 0.5) is 11.5 Å². The van der Waals surface area contributed by atoms with Crippen LogP contribution in [0.3, 0.4) is 0 Å². The molecular formula is C18H21ClN4O3. The first-order chi connectivity index (χ1) is 12.4. The van der Waals surface area contributed by atoms with Gasteiger partial charge in [-0.05, 0) is 36.6 Å². The Morgan fingerprint density at radius 2 is 2.08 bits per heavy atom. The molecule has 1 aliphatic heterocycles. The number of nitrogens with zero attached hydrogens (tertiary/aromatic N) is 3. The van der Waals surface area contributed by atoms with Crippen molar-refractivity contribution in [3.63, 3.8) is 0 Å². The van der Waals surface area contributed by atoms with Crippen LogP contribution in [0.15, 0.2) is 18.2 Å². The van der Waals surface area contributed by atoms with Gasteiger partial charge in [0.05, 0.1) is 25.0 Å². The number of nitrogen functional groups attached to an aromatic ring is 1. The highest BCUT2D eigenvalue weighted by Crippen LogP contribution is 2.32. The second-order valence-corrected chi connectivity index (χ2v) is 6.65. The van der Waals surface area contributed by atoms with Crippen LogP contribution in [0, 0.1) is 13.8 Å². The lowest BCUT2D eigenvalue weighted by molar-refractivity contribution is 0.0393. The molecule has 0 spiro atoms. The fourth-order valence-corrected chi connectivity index (χ4v) is 3.33. The highest BCUT2D eigenvalue weighted by molar-refractivity contribution is 6.29. The molecule has 1 aromatic heterocycles. The van der Waals surface area contributed by atoms with E-state index in [-0.39, 0.29) is 12.1 Å². The van der Waals surface area contributed by atoms with Crippen molar-refractivity contribution in [1.29, 1.82) is 0 Å². The lowest BCUT2D eigenvalue weighted by Crippen LogP contribution is -2.39. The van der Waals surface area contributed by atoms with Crippen molar-refractivity contribution < 1.29 is 14.3 Å². The van der Waals surface area contributed by atoms with Gasteiger partial charge in [-0.1, -0.05) is 17.7 Å². The molecule has 138 valence electrons. The van der Waals surface area contributed by atoms with E-state index in [0.29, 0.717) is 36.2 Å². The molecule has 0 unspecified atom stereocenters. The number of benzene rings is 1. The predicted octanol–water partition coefficient (Wildman–Crippen LogP) is 2.69. The Kier molecular flexibility index (Phi) is 5.29. The Hall–Kier alpha value is -2.38. The van der Waals surface area contributed by atoms with Crippen LogP contribution >= 0.6 is 11.6 Å². The Labute approximate surface area is 157 Å². The van der Waals surface area contributed by atoms with Crippen LogP contribution < -0.4 is 10.6 Å². The van der Waals surface area contributed by atoms with Crippen molar-refractivity contribution in [2.24, 2.45) is 0 Å². The first kappa shape index (κ1) is 18.4. The van der Waals surface area contributed by atoms with Crippen molar-refractivity contribution in [3.8, 4) is 0 Å². The summed E-state index contributed by atoms with van der Waals surface area (Å²) in [5.74, 6) is -0.00222. The molecule has 0 amide bonds. The standard InChI is InChI=1S/C18H21ClN4O3/c1-10-7-13(18(24)25-3)11(2)6-12(10)15-9-23(4-5-26-15)14-8-16(19)21-22-17(14)20/h6-8,15H,4-5,9H2,1-3H3,(H2,20,22)/t15-/m0/s1. The van der Waals surface area contributed by atoms with Gasteiger partial charge in [0.25, 0.3) is 0 Å². The van der Waals surface area contributed by atoms with Crippen molar-refractivity contribution in [1.82, 2.24) is 10.2 Å². The Morgan fingerprint density at radius 1 is 1.31 bits per heavy atom. The van der Waals surface area contributed by atoms with E-state index in [4.69, 9.17) is 26.8 Å². The third kappa shape index (κ3) is 3.59. The largest absolute Gasteiger partial charge is 0.465 e. The number of esters is 1. The number of hydrogen-bond acceptors (Lipinski definition) is 7. The zero-order chi connectivity index (χ0) is 18.8. The van der Waals surface area contributed by atoms with Gasteiger partial charge in [0.1, 0.15) is 6.10 Å². The van der Waals surface area contributed by atoms with Gasteiger partial charge in [0, 0.05) is 19.2 Å². The van der Waals surface area contributed by atoms with Crippen LogP contribution in [-0.4, -0.2) is 43.0 Å². The van der Waals surface area contributed by atoms with E-state index >= 15 is 0 Å². The van der Waals surface area contributed by atoms with Crippen molar-refractivity contribution in [2.45, 2.75) is 20.0 Å². The summed E-state index contributed by atoms with van der Waals surface area (Å²) in [5, 5.41) is 7.94. The molecule has 3 rings (SSSR count). The first-order valence-corrected chi connectivity index (χ1v) is 8.63. The summed E-state index contributed by atoms with van der Waals surface area (Å²) in [6, 6.07) is 5.54. The highest BCUT2D eigenvalue weighted by Gasteiger charge is 2.26. The maximum Gasteiger partial charge on any atom is 0.338 e. The van der Waals surface area contributed by atoms with E-state index in [1.165, 1.54) is 7.11 Å². The van der Waals surface area contributed by atoms with Gasteiger partial charge >= 0.3 is 5.97 Å². The van der Waals surface area contributed by atoms with Crippen molar-refractivity contribution >= 4 is 29.1 Å². The smallest absolute Gasteiger partial charge is 0.338 e. The molecule has 26 heavy (non-hydrogen) atoms. The molecule has 1 aromatic carbocycles. The molecule has 0 saturated carbocycles. The number of anilines is 2. The van der Waals surface area contributed by atoms with E-state index in [2.05, 4.69) is 15.1 Å². The van der Waals surface area contributed by atoms with Crippen LogP contribution in [0.2, 0.25) is 5.15 Å². The summed E-state index contributed by atoms with van der Waals surface area (Å²) in [6.07, 6.45) is -0.152. The topological polar surface area (TPSA) is 90.6 Å². The molecule has 8 heteroatoms. The average molecular weight is 377 g/mol. The van der Waals surface area contributed by atoms with E-state index in [1.807, 2.05) is 26.0 Å². The number of ether oxygens (including phenoxy) is 2. The summed E-state index contributed by atoms with van der Waals surface area (Å²) in [4.78, 5) is 14.0. The monoisotopic (exact) mass is 376 g/mol. The fraction of sp³-hybridized carbons (Fsp3) is 0.389. The lowest BCUT2D eigenvalue weighted by Gasteiger charge is -2.35. The summed E-state index contributed by atoms with van der Waals surface area (Å²) in [5.41, 5.74) is 10.1. The minimum absolute atomic E-state index is 0.152. The van der Waals surface area contributed by atoms with Gasteiger partial charge in [-0.25, -0.2) is 4.79 Å². The summed E-state index contributed by atoms with van der Waals surface area (Å²) in [7, 11) is 1.38. The number of methoxy groups -OCH3 is 1. The number of aryl methyl sites for hydroxylation is 2. The number of rotatable bonds is 3. The number of hydrogen-bond donors (Lipinski definition) is 1. The fourth-order valence-electron chi connectivity index (χ4n) is 3.19. The van der Waals surface area contributed by atoms with Gasteiger partial charge in [0.2, 0.25) is 0 Å². The molecule has 2 aromatic rings. The third-order valence-electron chi connectivity index (χ3n) is 4.54. The highest BCUT2D eigenvalue weighted by atomic mass is 35.5. The maximum atomic E-state index is 11.9. The summed E-state index contributed by atoms with van der Waals surface area (Å²) < 4.78 is 10.8. The molecule has 2 heterocycles. The number of aromatic nitrogens is 2. The number of morpholine rings is 1. The minimum atomic E-state index is -0.339. The maximum absolute atomic E-state index is 11.9. The Balaban J connectivity index is 1.89. The lowest BCUT2D eigenvalue weighted by atomic mass is 9.95. The van der Waals surface area contributed by atoms with Crippen molar-refractivity contribution in [3.05, 3.63) is 45.6 Å². The molecule has 2 N–H and O–H groups in total. The summed E-state index contributed by atoms with van der Waals surface area (Å²) >= 11 is 5.97. The van der Waals surface area contributed by atoms with Gasteiger partial charge in [-0.15, -0.1) is 10.2 Å². The van der Waals surface area contributed by atoms with E-state index < -0.39 is 0 Å². The molecule has 1 fully saturated rings. The van der Waals surface area contributed by atoms with E-state index in [9.17, 15) is 4.79 Å². The third-order valence-corrected chi connectivity index (χ3v) is 4.73.